The van der Waals surface area contributed by atoms with Crippen molar-refractivity contribution in [2.45, 2.75) is 113 Å². The van der Waals surface area contributed by atoms with Crippen molar-refractivity contribution in [3.63, 3.8) is 0 Å². The van der Waals surface area contributed by atoms with Crippen molar-refractivity contribution in [2.24, 2.45) is 17.8 Å². The molecule has 3 aliphatic carbocycles. The van der Waals surface area contributed by atoms with Crippen LogP contribution in [0.3, 0.4) is 0 Å². The lowest BCUT2D eigenvalue weighted by Gasteiger charge is -2.37. The van der Waals surface area contributed by atoms with Gasteiger partial charge >= 0.3 is 0 Å². The van der Waals surface area contributed by atoms with E-state index < -0.39 is 0 Å². The van der Waals surface area contributed by atoms with E-state index in [-0.39, 0.29) is 38.1 Å². The Kier molecular flexibility index (Phi) is 18.7. The molecular formula is C63H75N15O6S3. The van der Waals surface area contributed by atoms with E-state index in [1.807, 2.05) is 54.6 Å². The van der Waals surface area contributed by atoms with Crippen molar-refractivity contribution in [1.82, 2.24) is 44.9 Å². The number of hydrogen-bond donors (Lipinski definition) is 6. The molecule has 0 spiro atoms. The number of anilines is 6. The molecule has 1 unspecified atom stereocenters. The number of rotatable bonds is 18. The minimum Gasteiger partial charge on any atom is -0.472 e. The number of aliphatic hydroxyl groups excluding tert-OH is 3. The molecule has 3 aromatic carbocycles. The summed E-state index contributed by atoms with van der Waals surface area (Å²) in [6.45, 7) is 5.85. The Morgan fingerprint density at radius 1 is 0.402 bits per heavy atom. The van der Waals surface area contributed by atoms with E-state index >= 15 is 0 Å². The van der Waals surface area contributed by atoms with E-state index in [9.17, 15) is 15.3 Å². The summed E-state index contributed by atoms with van der Waals surface area (Å²) in [5, 5.41) is 42.0. The first-order valence-corrected chi connectivity index (χ1v) is 33.2. The SMILES string of the molecule is OCC1CCCN(c2nccnc2OC2CC(Nc3nc4ccccc4s3)C2)C1.OC[C@@H]1CCCN(c2nccnc2OC2CC(Nc3nc4ccccc4s3)C2)C1.OC[C@H]1CCCN(c2nccnc2OC2CC(Nc3nc4ccccc4s3)C2)C1. The minimum absolute atomic E-state index is 0.135. The Morgan fingerprint density at radius 3 is 0.977 bits per heavy atom. The zero-order valence-corrected chi connectivity index (χ0v) is 51.0. The van der Waals surface area contributed by atoms with E-state index in [4.69, 9.17) is 14.2 Å². The monoisotopic (exact) mass is 1230 g/mol. The van der Waals surface area contributed by atoms with Crippen LogP contribution in [0.5, 0.6) is 17.6 Å². The van der Waals surface area contributed by atoms with E-state index in [1.54, 1.807) is 71.2 Å². The maximum Gasteiger partial charge on any atom is 0.257 e. The predicted molar refractivity (Wildman–Crippen MR) is 344 cm³/mol. The molecule has 3 saturated carbocycles. The average Bonchev–Trinajstić information content (AvgIpc) is 3.53. The number of thiazole rings is 3. The van der Waals surface area contributed by atoms with Gasteiger partial charge in [-0.1, -0.05) is 70.4 Å². The fourth-order valence-corrected chi connectivity index (χ4v) is 15.0. The molecule has 21 nitrogen and oxygen atoms in total. The molecular weight excluding hydrogens is 1160 g/mol. The predicted octanol–water partition coefficient (Wildman–Crippen LogP) is 9.95. The summed E-state index contributed by atoms with van der Waals surface area (Å²) in [5.41, 5.74) is 3.12. The molecule has 0 bridgehead atoms. The summed E-state index contributed by atoms with van der Waals surface area (Å²) in [6, 6.07) is 25.7. The number of hydrogen-bond acceptors (Lipinski definition) is 24. The standard InChI is InChI=1S/3C21H25N5O2S/c3*27-13-14-4-3-9-26(12-14)19-20(23-8-7-22-19)28-16-10-15(11-16)24-21-25-17-5-1-2-6-18(17)29-21/h3*1-2,5-8,14-16,27H,3-4,9-13H2,(H,24,25)/t2*14-,15?,16?;/m10./s1. The third-order valence-corrected chi connectivity index (χ3v) is 20.1. The minimum atomic E-state index is 0.135. The highest BCUT2D eigenvalue weighted by molar-refractivity contribution is 7.22. The number of aliphatic hydroxyl groups is 3. The maximum atomic E-state index is 9.51. The Balaban J connectivity index is 0.000000121. The van der Waals surface area contributed by atoms with Gasteiger partial charge in [-0.2, -0.15) is 0 Å². The number of nitrogens with one attached hydrogen (secondary N) is 3. The quantitative estimate of drug-likeness (QED) is 0.0467. The van der Waals surface area contributed by atoms with Gasteiger partial charge in [-0.3, -0.25) is 0 Å². The van der Waals surface area contributed by atoms with Crippen LogP contribution < -0.4 is 44.9 Å². The molecule has 9 heterocycles. The summed E-state index contributed by atoms with van der Waals surface area (Å²) >= 11 is 5.07. The normalized spacial score (nSPS) is 24.3. The lowest BCUT2D eigenvalue weighted by molar-refractivity contribution is 0.102. The van der Waals surface area contributed by atoms with Crippen LogP contribution in [-0.2, 0) is 0 Å². The molecule has 6 N–H and O–H groups in total. The second-order valence-corrected chi connectivity index (χ2v) is 26.7. The van der Waals surface area contributed by atoms with Crippen LogP contribution in [0.4, 0.5) is 32.8 Å². The number of para-hydroxylation sites is 3. The molecule has 6 fully saturated rings. The van der Waals surface area contributed by atoms with Gasteiger partial charge in [-0.05, 0) is 92.7 Å². The van der Waals surface area contributed by atoms with E-state index in [1.165, 1.54) is 14.1 Å². The Bertz CT molecular complexity index is 3200. The van der Waals surface area contributed by atoms with Gasteiger partial charge in [0, 0.05) is 153 Å². The second-order valence-electron chi connectivity index (χ2n) is 23.6. The fraction of sp³-hybridized carbons (Fsp3) is 0.476. The number of piperidine rings is 3. The van der Waals surface area contributed by atoms with Gasteiger partial charge in [0.25, 0.3) is 17.6 Å². The van der Waals surface area contributed by atoms with Crippen molar-refractivity contribution >= 4 is 97.5 Å². The Hall–Kier alpha value is -7.35. The third kappa shape index (κ3) is 14.5. The van der Waals surface area contributed by atoms with Crippen LogP contribution in [0, 0.1) is 17.8 Å². The molecule has 87 heavy (non-hydrogen) atoms. The lowest BCUT2D eigenvalue weighted by atomic mass is 9.89. The molecule has 6 aromatic heterocycles. The number of fused-ring (bicyclic) bond motifs is 3. The molecule has 15 rings (SSSR count). The molecule has 0 amide bonds. The molecule has 6 aliphatic rings. The molecule has 456 valence electrons. The highest BCUT2D eigenvalue weighted by atomic mass is 32.1. The third-order valence-electron chi connectivity index (χ3n) is 17.2. The fourth-order valence-electron chi connectivity index (χ4n) is 12.2. The van der Waals surface area contributed by atoms with Gasteiger partial charge in [-0.15, -0.1) is 0 Å². The maximum absolute atomic E-state index is 9.51. The molecule has 9 aromatic rings. The summed E-state index contributed by atoms with van der Waals surface area (Å²) in [4.78, 5) is 47.5. The van der Waals surface area contributed by atoms with Crippen molar-refractivity contribution < 1.29 is 29.5 Å². The largest absolute Gasteiger partial charge is 0.472 e. The molecule has 3 aliphatic heterocycles. The summed E-state index contributed by atoms with van der Waals surface area (Å²) in [7, 11) is 0. The van der Waals surface area contributed by atoms with Gasteiger partial charge in [0.1, 0.15) is 18.3 Å². The summed E-state index contributed by atoms with van der Waals surface area (Å²) in [5.74, 6) is 5.10. The number of aromatic nitrogens is 9. The van der Waals surface area contributed by atoms with Crippen LogP contribution in [-0.4, -0.2) is 156 Å². The van der Waals surface area contributed by atoms with Crippen LogP contribution >= 0.6 is 34.0 Å². The summed E-state index contributed by atoms with van der Waals surface area (Å²) in [6.07, 6.45) is 22.5. The lowest BCUT2D eigenvalue weighted by Crippen LogP contribution is -2.43. The van der Waals surface area contributed by atoms with Gasteiger partial charge in [0.15, 0.2) is 32.8 Å². The van der Waals surface area contributed by atoms with E-state index in [0.717, 1.165) is 166 Å². The van der Waals surface area contributed by atoms with E-state index in [0.29, 0.717) is 53.5 Å². The first-order valence-electron chi connectivity index (χ1n) is 30.7. The second kappa shape index (κ2) is 27.8. The van der Waals surface area contributed by atoms with Crippen molar-refractivity contribution in [2.75, 3.05) is 89.7 Å². The highest BCUT2D eigenvalue weighted by Gasteiger charge is 2.37. The van der Waals surface area contributed by atoms with Gasteiger partial charge in [0.2, 0.25) is 0 Å². The highest BCUT2D eigenvalue weighted by Crippen LogP contribution is 2.39. The van der Waals surface area contributed by atoms with Crippen LogP contribution in [0.1, 0.15) is 77.0 Å². The topological polar surface area (TPSA) is 250 Å². The van der Waals surface area contributed by atoms with Crippen molar-refractivity contribution in [3.05, 3.63) is 110 Å². The average molecular weight is 1230 g/mol. The molecule has 3 saturated heterocycles. The van der Waals surface area contributed by atoms with Crippen LogP contribution in [0.15, 0.2) is 110 Å². The zero-order valence-electron chi connectivity index (χ0n) is 48.6. The van der Waals surface area contributed by atoms with Crippen LogP contribution in [0.2, 0.25) is 0 Å². The van der Waals surface area contributed by atoms with Gasteiger partial charge in [0.05, 0.1) is 30.6 Å². The first-order chi connectivity index (χ1) is 42.8. The van der Waals surface area contributed by atoms with Crippen LogP contribution in [0.25, 0.3) is 30.6 Å². The Labute approximate surface area is 517 Å². The smallest absolute Gasteiger partial charge is 0.257 e. The zero-order chi connectivity index (χ0) is 58.9. The molecule has 0 radical (unpaired) electrons. The first kappa shape index (κ1) is 58.7. The van der Waals surface area contributed by atoms with E-state index in [2.05, 4.69) is 93.7 Å². The molecule has 24 heteroatoms. The van der Waals surface area contributed by atoms with Gasteiger partial charge < -0.3 is 60.2 Å². The molecule has 3 atom stereocenters. The Morgan fingerprint density at radius 2 is 0.690 bits per heavy atom. The number of benzene rings is 3. The van der Waals surface area contributed by atoms with Crippen molar-refractivity contribution in [3.8, 4) is 17.6 Å². The van der Waals surface area contributed by atoms with Gasteiger partial charge in [-0.25, -0.2) is 44.9 Å². The summed E-state index contributed by atoms with van der Waals surface area (Å²) < 4.78 is 22.2. The number of ether oxygens (including phenoxy) is 3. The number of nitrogens with zero attached hydrogens (tertiary/aromatic N) is 12. The van der Waals surface area contributed by atoms with Crippen molar-refractivity contribution in [1.29, 1.82) is 0 Å².